The molecule has 0 spiro atoms. The highest BCUT2D eigenvalue weighted by atomic mass is 16.5. The number of hydrogen-bond acceptors (Lipinski definition) is 3. The first-order valence-electron chi connectivity index (χ1n) is 6.08. The molecule has 0 saturated carbocycles. The Hall–Kier alpha value is -1.88. The van der Waals surface area contributed by atoms with Crippen molar-refractivity contribution in [3.63, 3.8) is 0 Å². The summed E-state index contributed by atoms with van der Waals surface area (Å²) in [6.45, 7) is 2.47. The Morgan fingerprint density at radius 1 is 1.50 bits per heavy atom. The van der Waals surface area contributed by atoms with Crippen molar-refractivity contribution >= 4 is 22.6 Å². The number of aromatic amines is 1. The highest BCUT2D eigenvalue weighted by molar-refractivity contribution is 6.02. The normalized spacial score (nSPS) is 23.4. The number of nitrogens with zero attached hydrogens (tertiary/aromatic N) is 1. The largest absolute Gasteiger partial charge is 0.365 e. The smallest absolute Gasteiger partial charge is 0.257 e. The lowest BCUT2D eigenvalue weighted by Crippen LogP contribution is -2.39. The van der Waals surface area contributed by atoms with Crippen molar-refractivity contribution in [2.24, 2.45) is 0 Å². The quantitative estimate of drug-likeness (QED) is 0.851. The Morgan fingerprint density at radius 2 is 2.33 bits per heavy atom. The van der Waals surface area contributed by atoms with Gasteiger partial charge >= 0.3 is 0 Å². The van der Waals surface area contributed by atoms with Crippen LogP contribution in [0.2, 0.25) is 0 Å². The van der Waals surface area contributed by atoms with E-state index >= 15 is 0 Å². The molecular weight excluding hydrogens is 230 g/mol. The Labute approximate surface area is 105 Å². The molecule has 1 aromatic heterocycles. The van der Waals surface area contributed by atoms with Crippen LogP contribution < -0.4 is 5.32 Å². The molecule has 5 nitrogen and oxygen atoms in total. The Bertz CT molecular complexity index is 585. The summed E-state index contributed by atoms with van der Waals surface area (Å²) in [7, 11) is 0. The predicted octanol–water partition coefficient (Wildman–Crippen LogP) is 2.07. The molecule has 1 aromatic carbocycles. The summed E-state index contributed by atoms with van der Waals surface area (Å²) in [6.07, 6.45) is 1.67. The van der Waals surface area contributed by atoms with Gasteiger partial charge in [-0.15, -0.1) is 0 Å². The molecule has 1 amide bonds. The van der Waals surface area contributed by atoms with Crippen LogP contribution in [0.4, 0.5) is 5.82 Å². The van der Waals surface area contributed by atoms with Gasteiger partial charge in [0.15, 0.2) is 5.82 Å². The van der Waals surface area contributed by atoms with Gasteiger partial charge in [0.05, 0.1) is 5.52 Å². The SMILES string of the molecule is CC1(C(=O)Nc2n[nH]c3ccccc23)CCCO1. The van der Waals surface area contributed by atoms with Crippen LogP contribution in [-0.4, -0.2) is 28.3 Å². The van der Waals surface area contributed by atoms with Gasteiger partial charge in [-0.2, -0.15) is 5.10 Å². The zero-order valence-electron chi connectivity index (χ0n) is 10.2. The van der Waals surface area contributed by atoms with Crippen LogP contribution in [0.5, 0.6) is 0 Å². The molecule has 0 radical (unpaired) electrons. The average Bonchev–Trinajstić information content (AvgIpc) is 2.98. The third-order valence-electron chi connectivity index (χ3n) is 3.40. The molecule has 1 unspecified atom stereocenters. The minimum atomic E-state index is -0.722. The topological polar surface area (TPSA) is 67.0 Å². The highest BCUT2D eigenvalue weighted by Gasteiger charge is 2.38. The molecule has 1 fully saturated rings. The molecule has 2 N–H and O–H groups in total. The number of amides is 1. The van der Waals surface area contributed by atoms with Gasteiger partial charge in [-0.1, -0.05) is 12.1 Å². The van der Waals surface area contributed by atoms with Crippen molar-refractivity contribution in [2.75, 3.05) is 11.9 Å². The van der Waals surface area contributed by atoms with E-state index in [2.05, 4.69) is 15.5 Å². The van der Waals surface area contributed by atoms with E-state index in [1.54, 1.807) is 0 Å². The van der Waals surface area contributed by atoms with Crippen LogP contribution in [-0.2, 0) is 9.53 Å². The van der Waals surface area contributed by atoms with Gasteiger partial charge in [0.1, 0.15) is 5.60 Å². The maximum Gasteiger partial charge on any atom is 0.257 e. The van der Waals surface area contributed by atoms with Gasteiger partial charge in [0.25, 0.3) is 5.91 Å². The van der Waals surface area contributed by atoms with E-state index in [0.717, 1.165) is 23.7 Å². The minimum Gasteiger partial charge on any atom is -0.365 e. The van der Waals surface area contributed by atoms with Crippen molar-refractivity contribution < 1.29 is 9.53 Å². The van der Waals surface area contributed by atoms with Gasteiger partial charge in [-0.3, -0.25) is 9.89 Å². The highest BCUT2D eigenvalue weighted by Crippen LogP contribution is 2.27. The lowest BCUT2D eigenvalue weighted by atomic mass is 10.0. The van der Waals surface area contributed by atoms with Gasteiger partial charge in [0, 0.05) is 12.0 Å². The van der Waals surface area contributed by atoms with Crippen LogP contribution in [0.25, 0.3) is 10.9 Å². The maximum absolute atomic E-state index is 12.2. The molecule has 1 saturated heterocycles. The van der Waals surface area contributed by atoms with Crippen molar-refractivity contribution in [1.29, 1.82) is 0 Å². The van der Waals surface area contributed by atoms with E-state index in [1.165, 1.54) is 0 Å². The molecule has 18 heavy (non-hydrogen) atoms. The van der Waals surface area contributed by atoms with E-state index in [-0.39, 0.29) is 5.91 Å². The average molecular weight is 245 g/mol. The Balaban J connectivity index is 1.86. The number of para-hydroxylation sites is 1. The van der Waals surface area contributed by atoms with E-state index in [1.807, 2.05) is 31.2 Å². The summed E-state index contributed by atoms with van der Waals surface area (Å²) >= 11 is 0. The maximum atomic E-state index is 12.2. The molecule has 5 heteroatoms. The van der Waals surface area contributed by atoms with Crippen molar-refractivity contribution in [1.82, 2.24) is 10.2 Å². The number of fused-ring (bicyclic) bond motifs is 1. The van der Waals surface area contributed by atoms with Gasteiger partial charge in [-0.05, 0) is 31.9 Å². The number of hydrogen-bond donors (Lipinski definition) is 2. The number of ether oxygens (including phenoxy) is 1. The number of aromatic nitrogens is 2. The molecule has 1 atom stereocenters. The second kappa shape index (κ2) is 4.10. The third kappa shape index (κ3) is 1.76. The molecule has 94 valence electrons. The number of anilines is 1. The van der Waals surface area contributed by atoms with E-state index in [0.29, 0.717) is 12.4 Å². The fourth-order valence-electron chi connectivity index (χ4n) is 2.26. The summed E-state index contributed by atoms with van der Waals surface area (Å²) in [6, 6.07) is 7.69. The van der Waals surface area contributed by atoms with E-state index in [9.17, 15) is 4.79 Å². The lowest BCUT2D eigenvalue weighted by molar-refractivity contribution is -0.133. The fraction of sp³-hybridized carbons (Fsp3) is 0.385. The summed E-state index contributed by atoms with van der Waals surface area (Å²) < 4.78 is 5.51. The Kier molecular flexibility index (Phi) is 2.56. The third-order valence-corrected chi connectivity index (χ3v) is 3.40. The van der Waals surface area contributed by atoms with E-state index in [4.69, 9.17) is 4.74 Å². The standard InChI is InChI=1S/C13H15N3O2/c1-13(7-4-8-18-13)12(17)14-11-9-5-2-3-6-10(9)15-16-11/h2-3,5-6H,4,7-8H2,1H3,(H2,14,15,16,17). The number of carbonyl (C=O) groups is 1. The lowest BCUT2D eigenvalue weighted by Gasteiger charge is -2.21. The van der Waals surface area contributed by atoms with Crippen LogP contribution in [0.15, 0.2) is 24.3 Å². The first kappa shape index (κ1) is 11.2. The van der Waals surface area contributed by atoms with Gasteiger partial charge < -0.3 is 10.1 Å². The fourth-order valence-corrected chi connectivity index (χ4v) is 2.26. The number of nitrogens with one attached hydrogen (secondary N) is 2. The predicted molar refractivity (Wildman–Crippen MR) is 68.3 cm³/mol. The van der Waals surface area contributed by atoms with E-state index < -0.39 is 5.60 Å². The molecular formula is C13H15N3O2. The second-order valence-corrected chi connectivity index (χ2v) is 4.75. The molecule has 0 bridgehead atoms. The number of H-pyrrole nitrogens is 1. The zero-order valence-corrected chi connectivity index (χ0v) is 10.2. The monoisotopic (exact) mass is 245 g/mol. The first-order valence-corrected chi connectivity index (χ1v) is 6.08. The Morgan fingerprint density at radius 3 is 3.11 bits per heavy atom. The van der Waals surface area contributed by atoms with Crippen LogP contribution >= 0.6 is 0 Å². The molecule has 0 aliphatic carbocycles. The van der Waals surface area contributed by atoms with Gasteiger partial charge in [0.2, 0.25) is 0 Å². The van der Waals surface area contributed by atoms with Crippen molar-refractivity contribution in [3.8, 4) is 0 Å². The summed E-state index contributed by atoms with van der Waals surface area (Å²) in [5, 5.41) is 10.8. The molecule has 2 aromatic rings. The summed E-state index contributed by atoms with van der Waals surface area (Å²) in [5.41, 5.74) is 0.186. The summed E-state index contributed by atoms with van der Waals surface area (Å²) in [5.74, 6) is 0.435. The zero-order chi connectivity index (χ0) is 12.6. The molecule has 1 aliphatic heterocycles. The summed E-state index contributed by atoms with van der Waals surface area (Å²) in [4.78, 5) is 12.2. The molecule has 3 rings (SSSR count). The minimum absolute atomic E-state index is 0.128. The molecule has 1 aliphatic rings. The van der Waals surface area contributed by atoms with Crippen LogP contribution in [0, 0.1) is 0 Å². The number of benzene rings is 1. The van der Waals surface area contributed by atoms with Gasteiger partial charge in [-0.25, -0.2) is 0 Å². The molecule has 2 heterocycles. The number of rotatable bonds is 2. The number of carbonyl (C=O) groups excluding carboxylic acids is 1. The van der Waals surface area contributed by atoms with Crippen LogP contribution in [0.1, 0.15) is 19.8 Å². The van der Waals surface area contributed by atoms with Crippen LogP contribution in [0.3, 0.4) is 0 Å². The van der Waals surface area contributed by atoms with Crippen molar-refractivity contribution in [2.45, 2.75) is 25.4 Å². The van der Waals surface area contributed by atoms with Crippen molar-refractivity contribution in [3.05, 3.63) is 24.3 Å². The first-order chi connectivity index (χ1) is 8.69. The second-order valence-electron chi connectivity index (χ2n) is 4.75.